The van der Waals surface area contributed by atoms with Crippen LogP contribution in [-0.2, 0) is 19.9 Å². The molecule has 0 aliphatic carbocycles. The van der Waals surface area contributed by atoms with Crippen molar-refractivity contribution in [2.24, 2.45) is 0 Å². The molecule has 0 fully saturated rings. The zero-order valence-corrected chi connectivity index (χ0v) is 13.6. The fraction of sp³-hybridized carbons (Fsp3) is 0.333. The van der Waals surface area contributed by atoms with Crippen LogP contribution < -0.4 is 5.32 Å². The van der Waals surface area contributed by atoms with E-state index in [1.54, 1.807) is 0 Å². The summed E-state index contributed by atoms with van der Waals surface area (Å²) < 4.78 is 33.7. The Labute approximate surface area is 120 Å². The number of hydrogen-bond donors (Lipinski definition) is 6. The van der Waals surface area contributed by atoms with E-state index < -0.39 is 34.2 Å². The van der Waals surface area contributed by atoms with Gasteiger partial charge in [0, 0.05) is 12.4 Å². The van der Waals surface area contributed by atoms with Gasteiger partial charge in [-0.25, -0.2) is 0 Å². The number of nitrogens with one attached hydrogen (secondary N) is 1. The molecule has 0 bridgehead atoms. The van der Waals surface area contributed by atoms with Crippen molar-refractivity contribution in [2.45, 2.75) is 11.7 Å². The highest BCUT2D eigenvalue weighted by atomic mass is 31.2. The zero-order chi connectivity index (χ0) is 16.5. The molecular weight excluding hydrogens is 343 g/mol. The number of anilines is 1. The summed E-state index contributed by atoms with van der Waals surface area (Å²) in [5.41, 5.74) is -1.69. The quantitative estimate of drug-likeness (QED) is 0.409. The van der Waals surface area contributed by atoms with Crippen LogP contribution in [0.1, 0.15) is 5.56 Å². The molecule has 21 heavy (non-hydrogen) atoms. The van der Waals surface area contributed by atoms with Gasteiger partial charge in [0.25, 0.3) is 0 Å². The van der Waals surface area contributed by atoms with Gasteiger partial charge in [0.1, 0.15) is 0 Å². The van der Waals surface area contributed by atoms with Gasteiger partial charge in [0.15, 0.2) is 0 Å². The van der Waals surface area contributed by atoms with E-state index in [4.69, 9.17) is 19.6 Å². The highest BCUT2D eigenvalue weighted by Gasteiger charge is 2.40. The van der Waals surface area contributed by atoms with Crippen molar-refractivity contribution in [3.8, 4) is 0 Å². The standard InChI is InChI=1S/C9H16NO8P3/c1-19(11,12)9(21(16,17)18)10-8-4-2-3-7(5-8)6-20(13,14)15/h2-5,9-10H,6H2,1H3,(H,11,12)(H2,13,14,15)(H2,16,17,18). The van der Waals surface area contributed by atoms with Crippen LogP contribution in [-0.4, -0.2) is 36.7 Å². The molecule has 0 saturated heterocycles. The maximum absolute atomic E-state index is 11.6. The van der Waals surface area contributed by atoms with Gasteiger partial charge in [-0.15, -0.1) is 0 Å². The topological polar surface area (TPSA) is 164 Å². The number of hydrogen-bond acceptors (Lipinski definition) is 4. The number of benzene rings is 1. The first-order valence-corrected chi connectivity index (χ1v) is 11.2. The maximum atomic E-state index is 11.6. The molecule has 0 aromatic heterocycles. The summed E-state index contributed by atoms with van der Waals surface area (Å²) in [6.07, 6.45) is -0.550. The molecule has 1 aromatic carbocycles. The molecule has 0 saturated carbocycles. The third-order valence-corrected chi connectivity index (χ3v) is 7.15. The second-order valence-electron chi connectivity index (χ2n) is 4.57. The summed E-state index contributed by atoms with van der Waals surface area (Å²) >= 11 is 0. The van der Waals surface area contributed by atoms with Crippen molar-refractivity contribution in [1.82, 2.24) is 0 Å². The normalized spacial score (nSPS) is 17.0. The van der Waals surface area contributed by atoms with Gasteiger partial charge in [0.05, 0.1) is 6.16 Å². The Balaban J connectivity index is 3.06. The van der Waals surface area contributed by atoms with Crippen LogP contribution in [0.5, 0.6) is 0 Å². The van der Waals surface area contributed by atoms with Crippen molar-refractivity contribution in [3.05, 3.63) is 29.8 Å². The Morgan fingerprint density at radius 2 is 1.67 bits per heavy atom. The van der Waals surface area contributed by atoms with E-state index >= 15 is 0 Å². The van der Waals surface area contributed by atoms with Gasteiger partial charge in [-0.1, -0.05) is 12.1 Å². The molecule has 0 heterocycles. The molecule has 12 heteroatoms. The monoisotopic (exact) mass is 359 g/mol. The van der Waals surface area contributed by atoms with Crippen LogP contribution in [0.2, 0.25) is 0 Å². The van der Waals surface area contributed by atoms with Crippen molar-refractivity contribution >= 4 is 28.2 Å². The molecule has 0 aliphatic heterocycles. The van der Waals surface area contributed by atoms with E-state index in [-0.39, 0.29) is 11.3 Å². The van der Waals surface area contributed by atoms with Gasteiger partial charge in [-0.3, -0.25) is 13.7 Å². The summed E-state index contributed by atoms with van der Waals surface area (Å²) in [6, 6.07) is 5.43. The van der Waals surface area contributed by atoms with Crippen LogP contribution in [0.25, 0.3) is 0 Å². The highest BCUT2D eigenvalue weighted by molar-refractivity contribution is 7.73. The summed E-state index contributed by atoms with van der Waals surface area (Å²) in [5.74, 6) is 0. The second-order valence-corrected chi connectivity index (χ2v) is 10.7. The lowest BCUT2D eigenvalue weighted by molar-refractivity contribution is 0.365. The molecule has 6 N–H and O–H groups in total. The molecule has 120 valence electrons. The maximum Gasteiger partial charge on any atom is 0.357 e. The minimum Gasteiger partial charge on any atom is -0.364 e. The Bertz CT molecular complexity index is 622. The SMILES string of the molecule is CP(=O)(O)C(Nc1cccc(CP(=O)(O)O)c1)P(=O)(O)O. The molecule has 2 unspecified atom stereocenters. The average Bonchev–Trinajstić information content (AvgIpc) is 2.20. The van der Waals surface area contributed by atoms with Crippen molar-refractivity contribution in [2.75, 3.05) is 12.0 Å². The van der Waals surface area contributed by atoms with Gasteiger partial charge < -0.3 is 29.8 Å². The molecule has 1 aromatic rings. The predicted molar refractivity (Wildman–Crippen MR) is 77.4 cm³/mol. The lowest BCUT2D eigenvalue weighted by Gasteiger charge is -2.23. The Hall–Kier alpha value is -0.490. The van der Waals surface area contributed by atoms with E-state index in [0.717, 1.165) is 6.66 Å². The first-order chi connectivity index (χ1) is 9.29. The molecule has 0 amide bonds. The average molecular weight is 359 g/mol. The van der Waals surface area contributed by atoms with E-state index in [1.165, 1.54) is 24.3 Å². The summed E-state index contributed by atoms with van der Waals surface area (Å²) in [7, 11) is -13.3. The van der Waals surface area contributed by atoms with Gasteiger partial charge in [-0.2, -0.15) is 0 Å². The van der Waals surface area contributed by atoms with Crippen molar-refractivity contribution in [1.29, 1.82) is 0 Å². The fourth-order valence-electron chi connectivity index (χ4n) is 1.63. The van der Waals surface area contributed by atoms with Crippen LogP contribution in [0.4, 0.5) is 5.69 Å². The minimum absolute atomic E-state index is 0.0744. The van der Waals surface area contributed by atoms with Crippen molar-refractivity contribution < 1.29 is 38.2 Å². The Morgan fingerprint density at radius 1 is 1.10 bits per heavy atom. The molecule has 2 atom stereocenters. The van der Waals surface area contributed by atoms with E-state index in [1.807, 2.05) is 0 Å². The fourth-order valence-corrected chi connectivity index (χ4v) is 5.24. The highest BCUT2D eigenvalue weighted by Crippen LogP contribution is 2.59. The van der Waals surface area contributed by atoms with E-state index in [9.17, 15) is 18.6 Å². The van der Waals surface area contributed by atoms with Crippen molar-refractivity contribution in [3.63, 3.8) is 0 Å². The largest absolute Gasteiger partial charge is 0.364 e. The predicted octanol–water partition coefficient (Wildman–Crippen LogP) is 1.14. The van der Waals surface area contributed by atoms with E-state index in [0.29, 0.717) is 0 Å². The smallest absolute Gasteiger partial charge is 0.357 e. The molecule has 0 radical (unpaired) electrons. The van der Waals surface area contributed by atoms with Gasteiger partial charge >= 0.3 is 15.2 Å². The third kappa shape index (κ3) is 6.43. The molecule has 1 rings (SSSR count). The van der Waals surface area contributed by atoms with Gasteiger partial charge in [-0.05, 0) is 17.7 Å². The van der Waals surface area contributed by atoms with Crippen LogP contribution in [0.15, 0.2) is 24.3 Å². The summed E-state index contributed by atoms with van der Waals surface area (Å²) in [5, 5.41) is 2.26. The zero-order valence-electron chi connectivity index (χ0n) is 10.9. The lowest BCUT2D eigenvalue weighted by Crippen LogP contribution is -2.19. The Morgan fingerprint density at radius 3 is 2.10 bits per heavy atom. The van der Waals surface area contributed by atoms with Gasteiger partial charge in [0.2, 0.25) is 12.9 Å². The molecular formula is C9H16NO8P3. The first-order valence-electron chi connectivity index (χ1n) is 5.54. The van der Waals surface area contributed by atoms with Crippen LogP contribution in [0.3, 0.4) is 0 Å². The summed E-state index contributed by atoms with van der Waals surface area (Å²) in [6.45, 7) is 0.809. The van der Waals surface area contributed by atoms with Crippen LogP contribution in [0, 0.1) is 0 Å². The first kappa shape index (κ1) is 18.6. The third-order valence-electron chi connectivity index (χ3n) is 2.38. The molecule has 0 spiro atoms. The molecule has 9 nitrogen and oxygen atoms in total. The Kier molecular flexibility index (Phi) is 5.59. The molecule has 0 aliphatic rings. The minimum atomic E-state index is -4.90. The summed E-state index contributed by atoms with van der Waals surface area (Å²) in [4.78, 5) is 45.4. The van der Waals surface area contributed by atoms with E-state index in [2.05, 4.69) is 5.32 Å². The number of rotatable bonds is 6. The lowest BCUT2D eigenvalue weighted by atomic mass is 10.2. The second kappa shape index (κ2) is 6.32. The van der Waals surface area contributed by atoms with Crippen LogP contribution >= 0.6 is 22.6 Å².